The molecule has 28 heavy (non-hydrogen) atoms. The minimum atomic E-state index is -1.04. The summed E-state index contributed by atoms with van der Waals surface area (Å²) in [7, 11) is 1.59. The topological polar surface area (TPSA) is 97.8 Å². The Hall–Kier alpha value is -3.09. The van der Waals surface area contributed by atoms with E-state index in [4.69, 9.17) is 9.47 Å². The molecule has 0 aliphatic carbocycles. The predicted molar refractivity (Wildman–Crippen MR) is 105 cm³/mol. The summed E-state index contributed by atoms with van der Waals surface area (Å²) in [6.07, 6.45) is 2.24. The highest BCUT2D eigenvalue weighted by Crippen LogP contribution is 2.34. The van der Waals surface area contributed by atoms with E-state index in [0.29, 0.717) is 11.3 Å². The molecular formula is C21H26N2O5. The van der Waals surface area contributed by atoms with E-state index in [2.05, 4.69) is 10.3 Å². The Morgan fingerprint density at radius 3 is 2.57 bits per heavy atom. The molecule has 0 bridgehead atoms. The number of carbonyl (C=O) groups excluding carboxylic acids is 1. The van der Waals surface area contributed by atoms with Crippen LogP contribution in [0.2, 0.25) is 0 Å². The fourth-order valence-corrected chi connectivity index (χ4v) is 2.84. The summed E-state index contributed by atoms with van der Waals surface area (Å²) in [6.45, 7) is 7.18. The molecule has 2 aromatic rings. The number of aryl methyl sites for hydroxylation is 1. The Balaban J connectivity index is 2.39. The lowest BCUT2D eigenvalue weighted by molar-refractivity contribution is -0.137. The number of pyridine rings is 1. The van der Waals surface area contributed by atoms with Crippen LogP contribution < -0.4 is 10.1 Å². The highest BCUT2D eigenvalue weighted by Gasteiger charge is 2.23. The van der Waals surface area contributed by atoms with E-state index in [1.807, 2.05) is 31.2 Å². The molecule has 1 aromatic heterocycles. The van der Waals surface area contributed by atoms with Gasteiger partial charge in [0.05, 0.1) is 19.6 Å². The molecule has 2 N–H and O–H groups in total. The fourth-order valence-electron chi connectivity index (χ4n) is 2.84. The molecule has 2 rings (SSSR count). The van der Waals surface area contributed by atoms with Crippen molar-refractivity contribution in [1.82, 2.24) is 10.3 Å². The van der Waals surface area contributed by atoms with Crippen LogP contribution in [0.3, 0.4) is 0 Å². The number of alkyl carbamates (subject to hydrolysis) is 1. The first-order valence-corrected chi connectivity index (χ1v) is 8.91. The van der Waals surface area contributed by atoms with Crippen molar-refractivity contribution in [2.75, 3.05) is 7.11 Å². The zero-order chi connectivity index (χ0) is 20.9. The molecule has 1 atom stereocenters. The largest absolute Gasteiger partial charge is 0.496 e. The van der Waals surface area contributed by atoms with Crippen molar-refractivity contribution in [3.63, 3.8) is 0 Å². The molecule has 1 heterocycles. The van der Waals surface area contributed by atoms with E-state index in [-0.39, 0.29) is 6.42 Å². The predicted octanol–water partition coefficient (Wildman–Crippen LogP) is 4.11. The molecule has 0 saturated heterocycles. The van der Waals surface area contributed by atoms with Crippen molar-refractivity contribution < 1.29 is 24.2 Å². The summed E-state index contributed by atoms with van der Waals surface area (Å²) >= 11 is 0. The quantitative estimate of drug-likeness (QED) is 0.775. The van der Waals surface area contributed by atoms with Gasteiger partial charge in [0, 0.05) is 23.5 Å². The molecule has 7 nitrogen and oxygen atoms in total. The monoisotopic (exact) mass is 386 g/mol. The van der Waals surface area contributed by atoms with E-state index in [1.54, 1.807) is 40.3 Å². The van der Waals surface area contributed by atoms with E-state index in [9.17, 15) is 14.7 Å². The lowest BCUT2D eigenvalue weighted by Crippen LogP contribution is -2.35. The van der Waals surface area contributed by atoms with Gasteiger partial charge in [-0.15, -0.1) is 0 Å². The maximum atomic E-state index is 12.2. The van der Waals surface area contributed by atoms with Gasteiger partial charge in [-0.05, 0) is 51.0 Å². The SMILES string of the molecule is COc1cccc(C)c1-c1cncc(C(CC(=O)O)NC(=O)OC(C)(C)C)c1. The van der Waals surface area contributed by atoms with Crippen molar-refractivity contribution in [3.05, 3.63) is 47.8 Å². The van der Waals surface area contributed by atoms with Gasteiger partial charge in [-0.2, -0.15) is 0 Å². The second kappa shape index (κ2) is 8.73. The standard InChI is InChI=1S/C21H26N2O5/c1-13-7-6-8-17(27-5)19(13)15-9-14(11-22-12-15)16(10-18(24)25)23-20(26)28-21(2,3)4/h6-9,11-12,16H,10H2,1-5H3,(H,23,26)(H,24,25). The number of nitrogens with zero attached hydrogens (tertiary/aromatic N) is 1. The molecule has 0 aliphatic rings. The first-order valence-electron chi connectivity index (χ1n) is 8.91. The molecular weight excluding hydrogens is 360 g/mol. The molecule has 1 amide bonds. The van der Waals surface area contributed by atoms with Gasteiger partial charge in [-0.25, -0.2) is 4.79 Å². The van der Waals surface area contributed by atoms with Crippen LogP contribution >= 0.6 is 0 Å². The van der Waals surface area contributed by atoms with E-state index < -0.39 is 23.7 Å². The second-order valence-electron chi connectivity index (χ2n) is 7.46. The first-order chi connectivity index (χ1) is 13.1. The van der Waals surface area contributed by atoms with Crippen molar-refractivity contribution >= 4 is 12.1 Å². The molecule has 0 spiro atoms. The number of carboxylic acids is 1. The average Bonchev–Trinajstić information content (AvgIpc) is 2.59. The fraction of sp³-hybridized carbons (Fsp3) is 0.381. The third kappa shape index (κ3) is 5.70. The van der Waals surface area contributed by atoms with Crippen LogP contribution in [-0.2, 0) is 9.53 Å². The van der Waals surface area contributed by atoms with Gasteiger partial charge in [-0.1, -0.05) is 12.1 Å². The highest BCUT2D eigenvalue weighted by atomic mass is 16.6. The van der Waals surface area contributed by atoms with Crippen LogP contribution in [0.15, 0.2) is 36.7 Å². The lowest BCUT2D eigenvalue weighted by Gasteiger charge is -2.23. The van der Waals surface area contributed by atoms with Crippen molar-refractivity contribution in [1.29, 1.82) is 0 Å². The third-order valence-electron chi connectivity index (χ3n) is 3.97. The molecule has 7 heteroatoms. The number of nitrogens with one attached hydrogen (secondary N) is 1. The van der Waals surface area contributed by atoms with Crippen molar-refractivity contribution in [3.8, 4) is 16.9 Å². The van der Waals surface area contributed by atoms with Crippen LogP contribution in [0.1, 0.15) is 44.4 Å². The zero-order valence-electron chi connectivity index (χ0n) is 16.8. The number of carbonyl (C=O) groups is 2. The van der Waals surface area contributed by atoms with Gasteiger partial charge in [0.2, 0.25) is 0 Å². The Bertz CT molecular complexity index is 858. The van der Waals surface area contributed by atoms with Crippen molar-refractivity contribution in [2.24, 2.45) is 0 Å². The van der Waals surface area contributed by atoms with E-state index >= 15 is 0 Å². The number of rotatable bonds is 6. The molecule has 0 saturated carbocycles. The molecule has 150 valence electrons. The van der Waals surface area contributed by atoms with E-state index in [0.717, 1.165) is 16.7 Å². The number of carboxylic acid groups (broad SMARTS) is 1. The normalized spacial score (nSPS) is 12.2. The molecule has 0 aliphatic heterocycles. The summed E-state index contributed by atoms with van der Waals surface area (Å²) in [5.41, 5.74) is 2.51. The molecule has 0 fully saturated rings. The van der Waals surface area contributed by atoms with Crippen molar-refractivity contribution in [2.45, 2.75) is 45.8 Å². The number of hydrogen-bond donors (Lipinski definition) is 2. The Kier molecular flexibility index (Phi) is 6.62. The number of ether oxygens (including phenoxy) is 2. The maximum Gasteiger partial charge on any atom is 0.408 e. The van der Waals surface area contributed by atoms with Crippen LogP contribution in [0.5, 0.6) is 5.75 Å². The highest BCUT2D eigenvalue weighted by molar-refractivity contribution is 5.75. The molecule has 1 unspecified atom stereocenters. The first kappa shape index (κ1) is 21.2. The number of aromatic nitrogens is 1. The van der Waals surface area contributed by atoms with Gasteiger partial charge >= 0.3 is 12.1 Å². The molecule has 1 aromatic carbocycles. The van der Waals surface area contributed by atoms with Crippen LogP contribution in [0, 0.1) is 6.92 Å². The third-order valence-corrected chi connectivity index (χ3v) is 3.97. The zero-order valence-corrected chi connectivity index (χ0v) is 16.8. The summed E-state index contributed by atoms with van der Waals surface area (Å²) in [5.74, 6) is -0.353. The second-order valence-corrected chi connectivity index (χ2v) is 7.46. The van der Waals surface area contributed by atoms with Crippen LogP contribution in [0.4, 0.5) is 4.79 Å². The van der Waals surface area contributed by atoms with E-state index in [1.165, 1.54) is 0 Å². The number of hydrogen-bond acceptors (Lipinski definition) is 5. The van der Waals surface area contributed by atoms with Crippen LogP contribution in [0.25, 0.3) is 11.1 Å². The summed E-state index contributed by atoms with van der Waals surface area (Å²) in [4.78, 5) is 27.7. The summed E-state index contributed by atoms with van der Waals surface area (Å²) in [6, 6.07) is 6.73. The smallest absolute Gasteiger partial charge is 0.408 e. The Labute approximate surface area is 164 Å². The number of benzene rings is 1. The Morgan fingerprint density at radius 1 is 1.25 bits per heavy atom. The average molecular weight is 386 g/mol. The number of methoxy groups -OCH3 is 1. The van der Waals surface area contributed by atoms with Gasteiger partial charge in [0.15, 0.2) is 0 Å². The minimum absolute atomic E-state index is 0.296. The van der Waals surface area contributed by atoms with Crippen LogP contribution in [-0.4, -0.2) is 34.9 Å². The van der Waals surface area contributed by atoms with Gasteiger partial charge in [0.1, 0.15) is 11.4 Å². The maximum absolute atomic E-state index is 12.2. The number of aliphatic carboxylic acids is 1. The minimum Gasteiger partial charge on any atom is -0.496 e. The van der Waals surface area contributed by atoms with Gasteiger partial charge < -0.3 is 19.9 Å². The number of amides is 1. The van der Waals surface area contributed by atoms with Gasteiger partial charge in [-0.3, -0.25) is 9.78 Å². The Morgan fingerprint density at radius 2 is 1.96 bits per heavy atom. The molecule has 0 radical (unpaired) electrons. The van der Waals surface area contributed by atoms with Gasteiger partial charge in [0.25, 0.3) is 0 Å². The lowest BCUT2D eigenvalue weighted by atomic mass is 9.97. The summed E-state index contributed by atoms with van der Waals surface area (Å²) < 4.78 is 10.7. The summed E-state index contributed by atoms with van der Waals surface area (Å²) in [5, 5.41) is 11.9.